The van der Waals surface area contributed by atoms with Crippen LogP contribution < -0.4 is 5.32 Å². The first kappa shape index (κ1) is 15.7. The van der Waals surface area contributed by atoms with Crippen molar-refractivity contribution < 1.29 is 9.90 Å². The van der Waals surface area contributed by atoms with E-state index in [-0.39, 0.29) is 0 Å². The quantitative estimate of drug-likeness (QED) is 0.755. The highest BCUT2D eigenvalue weighted by Gasteiger charge is 2.18. The molecule has 0 heterocycles. The molecular weight excluding hydrogens is 240 g/mol. The van der Waals surface area contributed by atoms with Crippen LogP contribution in [0.1, 0.15) is 31.9 Å². The second kappa shape index (κ2) is 7.92. The molecule has 0 aliphatic carbocycles. The molecule has 4 nitrogen and oxygen atoms in total. The average Bonchev–Trinajstić information content (AvgIpc) is 2.42. The van der Waals surface area contributed by atoms with Crippen molar-refractivity contribution in [2.75, 3.05) is 20.1 Å². The Labute approximate surface area is 115 Å². The minimum atomic E-state index is -0.836. The Morgan fingerprint density at radius 1 is 1.37 bits per heavy atom. The van der Waals surface area contributed by atoms with Gasteiger partial charge in [-0.1, -0.05) is 37.3 Å². The van der Waals surface area contributed by atoms with Crippen LogP contribution in [-0.4, -0.2) is 42.2 Å². The van der Waals surface area contributed by atoms with Crippen molar-refractivity contribution in [2.24, 2.45) is 0 Å². The maximum absolute atomic E-state index is 11.3. The van der Waals surface area contributed by atoms with E-state index in [1.54, 1.807) is 0 Å². The number of nitrogens with one attached hydrogen (secondary N) is 1. The number of aliphatic carboxylic acids is 1. The van der Waals surface area contributed by atoms with Crippen molar-refractivity contribution >= 4 is 5.97 Å². The van der Waals surface area contributed by atoms with Crippen LogP contribution in [0.5, 0.6) is 0 Å². The summed E-state index contributed by atoms with van der Waals surface area (Å²) in [5, 5.41) is 12.4. The zero-order chi connectivity index (χ0) is 14.3. The third-order valence-electron chi connectivity index (χ3n) is 3.54. The van der Waals surface area contributed by atoms with Crippen LogP contribution in [0.3, 0.4) is 0 Å². The molecule has 19 heavy (non-hydrogen) atoms. The largest absolute Gasteiger partial charge is 0.480 e. The molecule has 2 N–H and O–H groups in total. The fraction of sp³-hybridized carbons (Fsp3) is 0.533. The van der Waals surface area contributed by atoms with Gasteiger partial charge >= 0.3 is 5.97 Å². The molecule has 0 bridgehead atoms. The van der Waals surface area contributed by atoms with E-state index in [0.717, 1.165) is 18.5 Å². The molecule has 0 aromatic heterocycles. The fourth-order valence-electron chi connectivity index (χ4n) is 1.91. The Morgan fingerprint density at radius 3 is 2.53 bits per heavy atom. The topological polar surface area (TPSA) is 52.6 Å². The van der Waals surface area contributed by atoms with Crippen LogP contribution in [0.4, 0.5) is 0 Å². The van der Waals surface area contributed by atoms with Crippen molar-refractivity contribution in [1.82, 2.24) is 10.2 Å². The van der Waals surface area contributed by atoms with Gasteiger partial charge in [-0.3, -0.25) is 10.1 Å². The second-order valence-electron chi connectivity index (χ2n) is 4.87. The zero-order valence-corrected chi connectivity index (χ0v) is 12.0. The van der Waals surface area contributed by atoms with Gasteiger partial charge < -0.3 is 10.0 Å². The first-order valence-electron chi connectivity index (χ1n) is 6.77. The van der Waals surface area contributed by atoms with Gasteiger partial charge in [0, 0.05) is 19.1 Å². The van der Waals surface area contributed by atoms with Gasteiger partial charge in [-0.25, -0.2) is 0 Å². The predicted molar refractivity (Wildman–Crippen MR) is 77.2 cm³/mol. The molecule has 1 rings (SSSR count). The number of benzene rings is 1. The van der Waals surface area contributed by atoms with Crippen molar-refractivity contribution in [3.05, 3.63) is 35.9 Å². The molecule has 0 aliphatic rings. The van der Waals surface area contributed by atoms with E-state index in [1.165, 1.54) is 0 Å². The Balaban J connectivity index is 2.50. The highest BCUT2D eigenvalue weighted by Crippen LogP contribution is 2.12. The van der Waals surface area contributed by atoms with E-state index in [0.29, 0.717) is 12.6 Å². The normalized spacial score (nSPS) is 14.3. The van der Waals surface area contributed by atoms with E-state index >= 15 is 0 Å². The summed E-state index contributed by atoms with van der Waals surface area (Å²) in [6, 6.07) is 9.16. The maximum atomic E-state index is 11.3. The SMILES string of the molecule is CCC(C)N(C)CCNC(C(=O)O)c1ccccc1. The van der Waals surface area contributed by atoms with Crippen LogP contribution in [0.15, 0.2) is 30.3 Å². The van der Waals surface area contributed by atoms with Gasteiger partial charge in [0.1, 0.15) is 6.04 Å². The van der Waals surface area contributed by atoms with E-state index in [4.69, 9.17) is 0 Å². The number of carboxylic acids is 1. The first-order chi connectivity index (χ1) is 9.06. The first-order valence-corrected chi connectivity index (χ1v) is 6.77. The van der Waals surface area contributed by atoms with Crippen molar-refractivity contribution in [3.63, 3.8) is 0 Å². The average molecular weight is 264 g/mol. The number of carboxylic acid groups (broad SMARTS) is 1. The van der Waals surface area contributed by atoms with E-state index < -0.39 is 12.0 Å². The summed E-state index contributed by atoms with van der Waals surface area (Å²) >= 11 is 0. The Hall–Kier alpha value is -1.39. The molecule has 4 heteroatoms. The lowest BCUT2D eigenvalue weighted by Crippen LogP contribution is -2.38. The van der Waals surface area contributed by atoms with Crippen LogP contribution in [0.25, 0.3) is 0 Å². The molecule has 0 saturated heterocycles. The summed E-state index contributed by atoms with van der Waals surface area (Å²) in [4.78, 5) is 13.5. The summed E-state index contributed by atoms with van der Waals surface area (Å²) in [6.07, 6.45) is 1.09. The Kier molecular flexibility index (Phi) is 6.53. The molecule has 0 aliphatic heterocycles. The molecule has 1 aromatic carbocycles. The number of rotatable bonds is 8. The van der Waals surface area contributed by atoms with Crippen molar-refractivity contribution in [3.8, 4) is 0 Å². The minimum Gasteiger partial charge on any atom is -0.480 e. The number of nitrogens with zero attached hydrogens (tertiary/aromatic N) is 1. The third kappa shape index (κ3) is 5.01. The van der Waals surface area contributed by atoms with Crippen molar-refractivity contribution in [1.29, 1.82) is 0 Å². The summed E-state index contributed by atoms with van der Waals surface area (Å²) in [5.41, 5.74) is 0.793. The third-order valence-corrected chi connectivity index (χ3v) is 3.54. The second-order valence-corrected chi connectivity index (χ2v) is 4.87. The van der Waals surface area contributed by atoms with Gasteiger partial charge in [-0.15, -0.1) is 0 Å². The van der Waals surface area contributed by atoms with Gasteiger partial charge in [0.25, 0.3) is 0 Å². The van der Waals surface area contributed by atoms with Gasteiger partial charge in [0.2, 0.25) is 0 Å². The lowest BCUT2D eigenvalue weighted by atomic mass is 10.1. The molecule has 106 valence electrons. The van der Waals surface area contributed by atoms with Crippen molar-refractivity contribution in [2.45, 2.75) is 32.4 Å². The van der Waals surface area contributed by atoms with Crippen LogP contribution >= 0.6 is 0 Å². The molecule has 0 amide bonds. The summed E-state index contributed by atoms with van der Waals surface area (Å²) in [5.74, 6) is -0.836. The molecule has 0 spiro atoms. The van der Waals surface area contributed by atoms with Gasteiger partial charge in [-0.2, -0.15) is 0 Å². The zero-order valence-electron chi connectivity index (χ0n) is 12.0. The molecule has 0 fully saturated rings. The van der Waals surface area contributed by atoms with Gasteiger partial charge in [-0.05, 0) is 26.0 Å². The Morgan fingerprint density at radius 2 is 2.00 bits per heavy atom. The number of hydrogen-bond donors (Lipinski definition) is 2. The van der Waals surface area contributed by atoms with E-state index in [1.807, 2.05) is 30.3 Å². The standard InChI is InChI=1S/C15H24N2O2/c1-4-12(2)17(3)11-10-16-14(15(18)19)13-8-6-5-7-9-13/h5-9,12,14,16H,4,10-11H2,1-3H3,(H,18,19). The minimum absolute atomic E-state index is 0.516. The van der Waals surface area contributed by atoms with E-state index in [2.05, 4.69) is 31.1 Å². The van der Waals surface area contributed by atoms with Crippen LogP contribution in [0, 0.1) is 0 Å². The summed E-state index contributed by atoms with van der Waals surface area (Å²) in [6.45, 7) is 5.82. The maximum Gasteiger partial charge on any atom is 0.325 e. The van der Waals surface area contributed by atoms with Crippen LogP contribution in [0.2, 0.25) is 0 Å². The number of carbonyl (C=O) groups is 1. The van der Waals surface area contributed by atoms with Crippen LogP contribution in [-0.2, 0) is 4.79 Å². The van der Waals surface area contributed by atoms with Gasteiger partial charge in [0.15, 0.2) is 0 Å². The number of likely N-dealkylation sites (N-methyl/N-ethyl adjacent to an activating group) is 1. The lowest BCUT2D eigenvalue weighted by molar-refractivity contribution is -0.139. The van der Waals surface area contributed by atoms with Gasteiger partial charge in [0.05, 0.1) is 0 Å². The monoisotopic (exact) mass is 264 g/mol. The molecule has 2 unspecified atom stereocenters. The number of hydrogen-bond acceptors (Lipinski definition) is 3. The molecule has 0 radical (unpaired) electrons. The molecular formula is C15H24N2O2. The molecule has 1 aromatic rings. The predicted octanol–water partition coefficient (Wildman–Crippen LogP) is 2.13. The Bertz CT molecular complexity index is 381. The smallest absolute Gasteiger partial charge is 0.325 e. The lowest BCUT2D eigenvalue weighted by Gasteiger charge is -2.24. The highest BCUT2D eigenvalue weighted by molar-refractivity contribution is 5.75. The molecule has 0 saturated carbocycles. The highest BCUT2D eigenvalue weighted by atomic mass is 16.4. The fourth-order valence-corrected chi connectivity index (χ4v) is 1.91. The molecule has 2 atom stereocenters. The summed E-state index contributed by atoms with van der Waals surface area (Å²) in [7, 11) is 2.06. The van der Waals surface area contributed by atoms with E-state index in [9.17, 15) is 9.90 Å². The summed E-state index contributed by atoms with van der Waals surface area (Å²) < 4.78 is 0.